The fourth-order valence-corrected chi connectivity index (χ4v) is 4.29. The highest BCUT2D eigenvalue weighted by Crippen LogP contribution is 2.32. The first-order valence-corrected chi connectivity index (χ1v) is 9.25. The van der Waals surface area contributed by atoms with Crippen molar-refractivity contribution in [3.8, 4) is 10.6 Å². The summed E-state index contributed by atoms with van der Waals surface area (Å²) in [6, 6.07) is 9.84. The third-order valence-electron chi connectivity index (χ3n) is 5.03. The van der Waals surface area contributed by atoms with Gasteiger partial charge in [0.25, 0.3) is 5.91 Å². The van der Waals surface area contributed by atoms with Crippen LogP contribution in [0.4, 0.5) is 4.79 Å². The molecule has 1 aromatic heterocycles. The molecule has 2 fully saturated rings. The average molecular weight is 357 g/mol. The summed E-state index contributed by atoms with van der Waals surface area (Å²) in [7, 11) is 0. The van der Waals surface area contributed by atoms with Crippen molar-refractivity contribution in [2.75, 3.05) is 26.2 Å². The third-order valence-corrected chi connectivity index (χ3v) is 5.92. The van der Waals surface area contributed by atoms with E-state index < -0.39 is 5.54 Å². The number of piperazine rings is 1. The summed E-state index contributed by atoms with van der Waals surface area (Å²) in [4.78, 5) is 32.9. The normalized spacial score (nSPS) is 22.7. The summed E-state index contributed by atoms with van der Waals surface area (Å²) in [5, 5.41) is 2.65. The zero-order valence-corrected chi connectivity index (χ0v) is 14.8. The van der Waals surface area contributed by atoms with Crippen LogP contribution in [-0.4, -0.2) is 58.6 Å². The molecule has 130 valence electrons. The summed E-state index contributed by atoms with van der Waals surface area (Å²) in [6.45, 7) is 3.88. The molecule has 25 heavy (non-hydrogen) atoms. The minimum Gasteiger partial charge on any atom is -0.447 e. The molecule has 2 saturated heterocycles. The van der Waals surface area contributed by atoms with Gasteiger partial charge in [-0.05, 0) is 6.42 Å². The van der Waals surface area contributed by atoms with E-state index in [9.17, 15) is 9.59 Å². The lowest BCUT2D eigenvalue weighted by Gasteiger charge is -2.44. The summed E-state index contributed by atoms with van der Waals surface area (Å²) in [5.74, 6) is -0.0785. The topological polar surface area (TPSA) is 62.7 Å². The van der Waals surface area contributed by atoms with Crippen molar-refractivity contribution in [2.45, 2.75) is 18.9 Å². The molecule has 7 heteroatoms. The molecule has 0 aliphatic carbocycles. The molecule has 4 rings (SSSR count). The zero-order valence-electron chi connectivity index (χ0n) is 14.0. The maximum atomic E-state index is 12.9. The van der Waals surface area contributed by atoms with E-state index >= 15 is 0 Å². The summed E-state index contributed by atoms with van der Waals surface area (Å²) in [5.41, 5.74) is 1.08. The number of hydrogen-bond acceptors (Lipinski definition) is 5. The van der Waals surface area contributed by atoms with Gasteiger partial charge >= 0.3 is 6.09 Å². The van der Waals surface area contributed by atoms with Crippen LogP contribution in [0.2, 0.25) is 0 Å². The first-order chi connectivity index (χ1) is 12.1. The molecule has 2 aromatic rings. The lowest BCUT2D eigenvalue weighted by Crippen LogP contribution is -2.62. The molecule has 1 unspecified atom stereocenters. The van der Waals surface area contributed by atoms with Crippen LogP contribution in [0.1, 0.15) is 23.8 Å². The Labute approximate surface area is 150 Å². The van der Waals surface area contributed by atoms with E-state index in [-0.39, 0.29) is 12.0 Å². The van der Waals surface area contributed by atoms with Crippen LogP contribution >= 0.6 is 11.3 Å². The summed E-state index contributed by atoms with van der Waals surface area (Å²) >= 11 is 1.47. The Balaban J connectivity index is 1.54. The van der Waals surface area contributed by atoms with Gasteiger partial charge in [-0.2, -0.15) is 0 Å². The standard InChI is InChI=1S/C18H19N3O3S/c1-2-18-11-20(8-9-21(18)17(23)24-12-18)16(22)14-10-25-15(19-14)13-6-4-3-5-7-13/h3-7,10H,2,8-9,11-12H2,1H3. The van der Waals surface area contributed by atoms with Gasteiger partial charge in [-0.25, -0.2) is 9.78 Å². The van der Waals surface area contributed by atoms with E-state index in [1.54, 1.807) is 9.80 Å². The predicted molar refractivity (Wildman–Crippen MR) is 94.5 cm³/mol. The molecule has 6 nitrogen and oxygen atoms in total. The maximum Gasteiger partial charge on any atom is 0.410 e. The lowest BCUT2D eigenvalue weighted by atomic mass is 9.93. The number of cyclic esters (lactones) is 1. The Morgan fingerprint density at radius 2 is 2.12 bits per heavy atom. The van der Waals surface area contributed by atoms with Crippen molar-refractivity contribution in [1.82, 2.24) is 14.8 Å². The molecule has 2 aliphatic rings. The monoisotopic (exact) mass is 357 g/mol. The second-order valence-corrected chi connectivity index (χ2v) is 7.27. The number of thiazole rings is 1. The lowest BCUT2D eigenvalue weighted by molar-refractivity contribution is 0.0358. The van der Waals surface area contributed by atoms with Gasteiger partial charge in [0.15, 0.2) is 0 Å². The number of carbonyl (C=O) groups is 2. The number of amides is 2. The molecular formula is C18H19N3O3S. The number of nitrogens with zero attached hydrogens (tertiary/aromatic N) is 3. The number of carbonyl (C=O) groups excluding carboxylic acids is 2. The van der Waals surface area contributed by atoms with Crippen LogP contribution in [0.15, 0.2) is 35.7 Å². The molecule has 0 saturated carbocycles. The Bertz CT molecular complexity index is 807. The second kappa shape index (κ2) is 6.15. The molecule has 2 aliphatic heterocycles. The SMILES string of the molecule is CCC12COC(=O)N1CCN(C(=O)c1csc(-c3ccccc3)n1)C2. The van der Waals surface area contributed by atoms with E-state index in [1.807, 2.05) is 42.6 Å². The molecular weight excluding hydrogens is 338 g/mol. The Hall–Kier alpha value is -2.41. The van der Waals surface area contributed by atoms with Crippen molar-refractivity contribution in [1.29, 1.82) is 0 Å². The van der Waals surface area contributed by atoms with E-state index in [1.165, 1.54) is 11.3 Å². The Morgan fingerprint density at radius 1 is 1.32 bits per heavy atom. The van der Waals surface area contributed by atoms with Crippen molar-refractivity contribution in [3.63, 3.8) is 0 Å². The largest absolute Gasteiger partial charge is 0.447 e. The fraction of sp³-hybridized carbons (Fsp3) is 0.389. The smallest absolute Gasteiger partial charge is 0.410 e. The molecule has 1 atom stereocenters. The number of ether oxygens (including phenoxy) is 1. The highest BCUT2D eigenvalue weighted by atomic mass is 32.1. The zero-order chi connectivity index (χ0) is 17.4. The minimum absolute atomic E-state index is 0.0785. The quantitative estimate of drug-likeness (QED) is 0.847. The van der Waals surface area contributed by atoms with Crippen LogP contribution in [0.3, 0.4) is 0 Å². The molecule has 3 heterocycles. The van der Waals surface area contributed by atoms with E-state index in [4.69, 9.17) is 4.74 Å². The van der Waals surface area contributed by atoms with Gasteiger partial charge in [-0.15, -0.1) is 11.3 Å². The van der Waals surface area contributed by atoms with E-state index in [0.717, 1.165) is 17.0 Å². The first kappa shape index (κ1) is 16.1. The number of fused-ring (bicyclic) bond motifs is 1. The van der Waals surface area contributed by atoms with Gasteiger partial charge in [0.2, 0.25) is 0 Å². The van der Waals surface area contributed by atoms with Gasteiger partial charge in [-0.3, -0.25) is 9.69 Å². The van der Waals surface area contributed by atoms with Crippen LogP contribution in [0, 0.1) is 0 Å². The van der Waals surface area contributed by atoms with Crippen molar-refractivity contribution in [3.05, 3.63) is 41.4 Å². The number of benzene rings is 1. The van der Waals surface area contributed by atoms with Crippen LogP contribution in [-0.2, 0) is 4.74 Å². The minimum atomic E-state index is -0.400. The maximum absolute atomic E-state index is 12.9. The molecule has 0 bridgehead atoms. The predicted octanol–water partition coefficient (Wildman–Crippen LogP) is 2.87. The highest BCUT2D eigenvalue weighted by molar-refractivity contribution is 7.13. The van der Waals surface area contributed by atoms with E-state index in [2.05, 4.69) is 4.98 Å². The van der Waals surface area contributed by atoms with Crippen LogP contribution in [0.5, 0.6) is 0 Å². The van der Waals surface area contributed by atoms with Crippen molar-refractivity contribution in [2.24, 2.45) is 0 Å². The van der Waals surface area contributed by atoms with Gasteiger partial charge in [0.1, 0.15) is 17.3 Å². The molecule has 2 amide bonds. The molecule has 0 radical (unpaired) electrons. The second-order valence-electron chi connectivity index (χ2n) is 6.41. The van der Waals surface area contributed by atoms with Crippen LogP contribution in [0.25, 0.3) is 10.6 Å². The van der Waals surface area contributed by atoms with Crippen molar-refractivity contribution >= 4 is 23.3 Å². The molecule has 1 aromatic carbocycles. The average Bonchev–Trinajstić information content (AvgIpc) is 3.27. The number of hydrogen-bond donors (Lipinski definition) is 0. The van der Waals surface area contributed by atoms with Crippen molar-refractivity contribution < 1.29 is 14.3 Å². The molecule has 0 N–H and O–H groups in total. The van der Waals surface area contributed by atoms with Gasteiger partial charge in [0.05, 0.1) is 5.54 Å². The van der Waals surface area contributed by atoms with E-state index in [0.29, 0.717) is 31.9 Å². The van der Waals surface area contributed by atoms with Gasteiger partial charge in [-0.1, -0.05) is 37.3 Å². The summed E-state index contributed by atoms with van der Waals surface area (Å²) < 4.78 is 5.23. The Morgan fingerprint density at radius 3 is 2.88 bits per heavy atom. The molecule has 0 spiro atoms. The highest BCUT2D eigenvalue weighted by Gasteiger charge is 2.50. The first-order valence-electron chi connectivity index (χ1n) is 8.37. The fourth-order valence-electron chi connectivity index (χ4n) is 3.49. The van der Waals surface area contributed by atoms with Crippen LogP contribution < -0.4 is 0 Å². The van der Waals surface area contributed by atoms with Gasteiger partial charge in [0, 0.05) is 30.6 Å². The summed E-state index contributed by atoms with van der Waals surface area (Å²) in [6.07, 6.45) is 0.489. The van der Waals surface area contributed by atoms with Gasteiger partial charge < -0.3 is 9.64 Å². The Kier molecular flexibility index (Phi) is 3.95. The number of rotatable bonds is 3. The number of aromatic nitrogens is 1. The third kappa shape index (κ3) is 2.68.